The summed E-state index contributed by atoms with van der Waals surface area (Å²) >= 11 is 12.0. The van der Waals surface area contributed by atoms with Gasteiger partial charge in [0.15, 0.2) is 5.82 Å². The van der Waals surface area contributed by atoms with Crippen LogP contribution in [-0.2, 0) is 0 Å². The monoisotopic (exact) mass is 268 g/mol. The molecule has 0 spiro atoms. The molecule has 1 aromatic carbocycles. The third-order valence-electron chi connectivity index (χ3n) is 2.26. The molecule has 0 radical (unpaired) electrons. The summed E-state index contributed by atoms with van der Waals surface area (Å²) in [7, 11) is 1.75. The molecule has 0 aliphatic heterocycles. The summed E-state index contributed by atoms with van der Waals surface area (Å²) in [6.45, 7) is 0. The molecule has 4 nitrogen and oxygen atoms in total. The minimum atomic E-state index is 0.306. The third kappa shape index (κ3) is 2.28. The highest BCUT2D eigenvalue weighted by atomic mass is 35.5. The van der Waals surface area contributed by atoms with Crippen molar-refractivity contribution >= 4 is 34.8 Å². The van der Waals surface area contributed by atoms with Gasteiger partial charge in [-0.1, -0.05) is 35.3 Å². The standard InChI is InChI=1S/C11H10Cl2N4/c1-15-8-5-16-10(11(14)17-8)6-3-2-4-7(12)9(6)13/h2-5H,1H3,(H3,14,15,17). The highest BCUT2D eigenvalue weighted by Gasteiger charge is 2.12. The summed E-state index contributed by atoms with van der Waals surface area (Å²) in [5, 5.41) is 3.74. The van der Waals surface area contributed by atoms with E-state index in [1.54, 1.807) is 31.4 Å². The zero-order valence-corrected chi connectivity index (χ0v) is 10.5. The van der Waals surface area contributed by atoms with E-state index in [2.05, 4.69) is 15.3 Å². The van der Waals surface area contributed by atoms with Gasteiger partial charge in [-0.15, -0.1) is 0 Å². The minimum absolute atomic E-state index is 0.306. The van der Waals surface area contributed by atoms with Crippen LogP contribution in [0.4, 0.5) is 11.6 Å². The van der Waals surface area contributed by atoms with Crippen LogP contribution in [-0.4, -0.2) is 17.0 Å². The van der Waals surface area contributed by atoms with Gasteiger partial charge in [0.2, 0.25) is 0 Å². The van der Waals surface area contributed by atoms with Gasteiger partial charge in [-0.3, -0.25) is 0 Å². The number of aromatic nitrogens is 2. The first-order valence-corrected chi connectivity index (χ1v) is 5.63. The third-order valence-corrected chi connectivity index (χ3v) is 3.08. The number of hydrogen-bond donors (Lipinski definition) is 2. The summed E-state index contributed by atoms with van der Waals surface area (Å²) in [4.78, 5) is 8.37. The summed E-state index contributed by atoms with van der Waals surface area (Å²) < 4.78 is 0. The van der Waals surface area contributed by atoms with Gasteiger partial charge in [0.1, 0.15) is 11.5 Å². The maximum Gasteiger partial charge on any atom is 0.152 e. The van der Waals surface area contributed by atoms with Crippen LogP contribution < -0.4 is 11.1 Å². The number of nitrogens with two attached hydrogens (primary N) is 1. The van der Waals surface area contributed by atoms with Gasteiger partial charge in [0, 0.05) is 12.6 Å². The molecule has 2 aromatic rings. The van der Waals surface area contributed by atoms with E-state index in [0.29, 0.717) is 32.9 Å². The lowest BCUT2D eigenvalue weighted by atomic mass is 10.1. The van der Waals surface area contributed by atoms with Gasteiger partial charge >= 0.3 is 0 Å². The molecule has 0 unspecified atom stereocenters. The first-order chi connectivity index (χ1) is 8.13. The smallest absolute Gasteiger partial charge is 0.152 e. The zero-order chi connectivity index (χ0) is 12.4. The second kappa shape index (κ2) is 4.77. The molecule has 0 amide bonds. The van der Waals surface area contributed by atoms with Gasteiger partial charge in [0.25, 0.3) is 0 Å². The lowest BCUT2D eigenvalue weighted by molar-refractivity contribution is 1.20. The molecule has 17 heavy (non-hydrogen) atoms. The van der Waals surface area contributed by atoms with Crippen molar-refractivity contribution in [2.24, 2.45) is 0 Å². The first kappa shape index (κ1) is 12.0. The molecule has 0 atom stereocenters. The number of hydrogen-bond acceptors (Lipinski definition) is 4. The van der Waals surface area contributed by atoms with Gasteiger partial charge < -0.3 is 11.1 Å². The minimum Gasteiger partial charge on any atom is -0.382 e. The first-order valence-electron chi connectivity index (χ1n) is 4.88. The largest absolute Gasteiger partial charge is 0.382 e. The molecule has 3 N–H and O–H groups in total. The topological polar surface area (TPSA) is 63.8 Å². The van der Waals surface area contributed by atoms with Crippen molar-refractivity contribution in [1.29, 1.82) is 0 Å². The summed E-state index contributed by atoms with van der Waals surface area (Å²) in [5.41, 5.74) is 7.03. The fraction of sp³-hybridized carbons (Fsp3) is 0.0909. The fourth-order valence-corrected chi connectivity index (χ4v) is 1.81. The van der Waals surface area contributed by atoms with E-state index in [1.807, 2.05) is 0 Å². The Hall–Kier alpha value is -1.52. The van der Waals surface area contributed by atoms with Crippen LogP contribution in [0.2, 0.25) is 10.0 Å². The molecule has 0 bridgehead atoms. The Balaban J connectivity index is 2.57. The van der Waals surface area contributed by atoms with Crippen molar-refractivity contribution < 1.29 is 0 Å². The van der Waals surface area contributed by atoms with Crippen LogP contribution in [0, 0.1) is 0 Å². The van der Waals surface area contributed by atoms with Crippen molar-refractivity contribution in [3.8, 4) is 11.3 Å². The van der Waals surface area contributed by atoms with Crippen LogP contribution in [0.5, 0.6) is 0 Å². The average molecular weight is 269 g/mol. The molecule has 0 aliphatic rings. The van der Waals surface area contributed by atoms with Crippen LogP contribution >= 0.6 is 23.2 Å². The van der Waals surface area contributed by atoms with E-state index in [4.69, 9.17) is 28.9 Å². The molecule has 2 rings (SSSR count). The Morgan fingerprint density at radius 2 is 2.06 bits per heavy atom. The predicted octanol–water partition coefficient (Wildman–Crippen LogP) is 3.07. The molecule has 1 heterocycles. The van der Waals surface area contributed by atoms with Crippen molar-refractivity contribution in [2.75, 3.05) is 18.1 Å². The maximum atomic E-state index is 6.10. The predicted molar refractivity (Wildman–Crippen MR) is 71.4 cm³/mol. The van der Waals surface area contributed by atoms with Crippen LogP contribution in [0.15, 0.2) is 24.4 Å². The van der Waals surface area contributed by atoms with Crippen LogP contribution in [0.25, 0.3) is 11.3 Å². The number of nitrogens with zero attached hydrogens (tertiary/aromatic N) is 2. The second-order valence-electron chi connectivity index (χ2n) is 3.34. The average Bonchev–Trinajstić information content (AvgIpc) is 2.33. The van der Waals surface area contributed by atoms with E-state index in [0.717, 1.165) is 0 Å². The van der Waals surface area contributed by atoms with Gasteiger partial charge in [-0.25, -0.2) is 9.97 Å². The van der Waals surface area contributed by atoms with E-state index >= 15 is 0 Å². The Morgan fingerprint density at radius 1 is 1.29 bits per heavy atom. The summed E-state index contributed by atoms with van der Waals surface area (Å²) in [6.07, 6.45) is 1.59. The molecular formula is C11H10Cl2N4. The van der Waals surface area contributed by atoms with Crippen molar-refractivity contribution in [1.82, 2.24) is 9.97 Å². The zero-order valence-electron chi connectivity index (χ0n) is 9.04. The molecule has 1 aromatic heterocycles. The number of rotatable bonds is 2. The highest BCUT2D eigenvalue weighted by molar-refractivity contribution is 6.43. The van der Waals surface area contributed by atoms with E-state index in [-0.39, 0.29) is 0 Å². The molecule has 88 valence electrons. The van der Waals surface area contributed by atoms with Gasteiger partial charge in [-0.05, 0) is 6.07 Å². The number of nitrogen functional groups attached to an aromatic ring is 1. The SMILES string of the molecule is CNc1cnc(-c2cccc(Cl)c2Cl)c(N)n1. The molecule has 6 heteroatoms. The lowest BCUT2D eigenvalue weighted by Crippen LogP contribution is -2.01. The van der Waals surface area contributed by atoms with Gasteiger partial charge in [0.05, 0.1) is 16.2 Å². The van der Waals surface area contributed by atoms with Crippen molar-refractivity contribution in [2.45, 2.75) is 0 Å². The lowest BCUT2D eigenvalue weighted by Gasteiger charge is -2.08. The Bertz CT molecular complexity index is 557. The molecule has 0 fully saturated rings. The second-order valence-corrected chi connectivity index (χ2v) is 4.13. The van der Waals surface area contributed by atoms with Crippen LogP contribution in [0.1, 0.15) is 0 Å². The Morgan fingerprint density at radius 3 is 2.71 bits per heavy atom. The number of benzene rings is 1. The number of halogens is 2. The molecular weight excluding hydrogens is 259 g/mol. The number of nitrogens with one attached hydrogen (secondary N) is 1. The molecule has 0 aliphatic carbocycles. The Kier molecular flexibility index (Phi) is 3.36. The quantitative estimate of drug-likeness (QED) is 0.879. The normalized spacial score (nSPS) is 10.3. The van der Waals surface area contributed by atoms with E-state index in [1.165, 1.54) is 0 Å². The van der Waals surface area contributed by atoms with Crippen molar-refractivity contribution in [3.05, 3.63) is 34.4 Å². The van der Waals surface area contributed by atoms with E-state index < -0.39 is 0 Å². The molecule has 0 saturated heterocycles. The summed E-state index contributed by atoms with van der Waals surface area (Å²) in [6, 6.07) is 5.29. The highest BCUT2D eigenvalue weighted by Crippen LogP contribution is 2.34. The van der Waals surface area contributed by atoms with Gasteiger partial charge in [-0.2, -0.15) is 0 Å². The maximum absolute atomic E-state index is 6.10. The summed E-state index contributed by atoms with van der Waals surface area (Å²) in [5.74, 6) is 0.908. The number of anilines is 2. The van der Waals surface area contributed by atoms with Crippen LogP contribution in [0.3, 0.4) is 0 Å². The fourth-order valence-electron chi connectivity index (χ4n) is 1.42. The van der Waals surface area contributed by atoms with Crippen molar-refractivity contribution in [3.63, 3.8) is 0 Å². The molecule has 0 saturated carbocycles. The van der Waals surface area contributed by atoms with E-state index in [9.17, 15) is 0 Å². The Labute approximate surface area is 109 Å².